The van der Waals surface area contributed by atoms with E-state index in [0.717, 1.165) is 11.3 Å². The van der Waals surface area contributed by atoms with E-state index >= 15 is 0 Å². The molecule has 0 radical (unpaired) electrons. The molecule has 0 saturated carbocycles. The van der Waals surface area contributed by atoms with E-state index in [0.29, 0.717) is 19.7 Å². The number of pyridine rings is 1. The average Bonchev–Trinajstić information content (AvgIpc) is 2.28. The molecule has 4 nitrogen and oxygen atoms in total. The molecule has 0 aromatic carbocycles. The zero-order valence-electron chi connectivity index (χ0n) is 11.7. The minimum Gasteiger partial charge on any atom is -0.389 e. The van der Waals surface area contributed by atoms with Crippen LogP contribution in [0.25, 0.3) is 0 Å². The Bertz CT molecular complexity index is 361. The van der Waals surface area contributed by atoms with Gasteiger partial charge in [0.25, 0.3) is 0 Å². The van der Waals surface area contributed by atoms with E-state index in [4.69, 9.17) is 4.74 Å². The third-order valence-electron chi connectivity index (χ3n) is 2.50. The highest BCUT2D eigenvalue weighted by atomic mass is 16.5. The van der Waals surface area contributed by atoms with Crippen LogP contribution in [0.1, 0.15) is 32.0 Å². The number of aliphatic hydroxyl groups excluding tert-OH is 1. The van der Waals surface area contributed by atoms with Crippen molar-refractivity contribution < 1.29 is 9.84 Å². The SMILES string of the molecule is Cc1cccnc1CNCC(O)COC(C)(C)C. The molecule has 102 valence electrons. The molecule has 1 heterocycles. The summed E-state index contributed by atoms with van der Waals surface area (Å²) < 4.78 is 5.51. The van der Waals surface area contributed by atoms with Gasteiger partial charge in [0.1, 0.15) is 0 Å². The molecule has 0 bridgehead atoms. The number of ether oxygens (including phenoxy) is 1. The Morgan fingerprint density at radius 1 is 1.44 bits per heavy atom. The normalized spacial score (nSPS) is 13.6. The molecule has 4 heteroatoms. The van der Waals surface area contributed by atoms with E-state index in [9.17, 15) is 5.11 Å². The van der Waals surface area contributed by atoms with Gasteiger partial charge in [0, 0.05) is 19.3 Å². The second kappa shape index (κ2) is 6.83. The molecular formula is C14H24N2O2. The lowest BCUT2D eigenvalue weighted by atomic mass is 10.2. The highest BCUT2D eigenvalue weighted by Gasteiger charge is 2.13. The predicted molar refractivity (Wildman–Crippen MR) is 72.4 cm³/mol. The second-order valence-corrected chi connectivity index (χ2v) is 5.48. The molecule has 1 rings (SSSR count). The van der Waals surface area contributed by atoms with Crippen molar-refractivity contribution in [2.75, 3.05) is 13.2 Å². The summed E-state index contributed by atoms with van der Waals surface area (Å²) in [5.41, 5.74) is 1.96. The molecule has 0 amide bonds. The summed E-state index contributed by atoms with van der Waals surface area (Å²) in [5.74, 6) is 0. The highest BCUT2D eigenvalue weighted by Crippen LogP contribution is 2.07. The first kappa shape index (κ1) is 15.1. The van der Waals surface area contributed by atoms with Gasteiger partial charge >= 0.3 is 0 Å². The van der Waals surface area contributed by atoms with Gasteiger partial charge in [-0.05, 0) is 39.3 Å². The van der Waals surface area contributed by atoms with E-state index in [1.165, 1.54) is 0 Å². The van der Waals surface area contributed by atoms with Gasteiger partial charge in [-0.1, -0.05) is 6.07 Å². The first-order valence-electron chi connectivity index (χ1n) is 6.32. The standard InChI is InChI=1S/C14H24N2O2/c1-11-6-5-7-16-13(11)9-15-8-12(17)10-18-14(2,3)4/h5-7,12,15,17H,8-10H2,1-4H3. The molecule has 1 atom stereocenters. The van der Waals surface area contributed by atoms with Crippen molar-refractivity contribution in [3.05, 3.63) is 29.6 Å². The number of hydrogen-bond acceptors (Lipinski definition) is 4. The van der Waals surface area contributed by atoms with E-state index < -0.39 is 6.10 Å². The molecule has 1 aromatic rings. The molecule has 1 aromatic heterocycles. The molecule has 0 aliphatic heterocycles. The van der Waals surface area contributed by atoms with Crippen molar-refractivity contribution in [3.63, 3.8) is 0 Å². The Kier molecular flexibility index (Phi) is 5.72. The summed E-state index contributed by atoms with van der Waals surface area (Å²) in [6, 6.07) is 3.95. The van der Waals surface area contributed by atoms with Crippen LogP contribution in [-0.4, -0.2) is 34.9 Å². The topological polar surface area (TPSA) is 54.4 Å². The number of rotatable bonds is 6. The first-order chi connectivity index (χ1) is 8.38. The lowest BCUT2D eigenvalue weighted by molar-refractivity contribution is -0.0479. The Morgan fingerprint density at radius 3 is 2.78 bits per heavy atom. The van der Waals surface area contributed by atoms with Gasteiger partial charge in [-0.2, -0.15) is 0 Å². The summed E-state index contributed by atoms with van der Waals surface area (Å²) in [7, 11) is 0. The molecule has 18 heavy (non-hydrogen) atoms. The summed E-state index contributed by atoms with van der Waals surface area (Å²) >= 11 is 0. The van der Waals surface area contributed by atoms with Crippen LogP contribution in [0.2, 0.25) is 0 Å². The van der Waals surface area contributed by atoms with Crippen LogP contribution >= 0.6 is 0 Å². The van der Waals surface area contributed by atoms with E-state index in [1.807, 2.05) is 39.8 Å². The fourth-order valence-electron chi connectivity index (χ4n) is 1.47. The Hall–Kier alpha value is -0.970. The molecular weight excluding hydrogens is 228 g/mol. The third kappa shape index (κ3) is 6.10. The largest absolute Gasteiger partial charge is 0.389 e. The summed E-state index contributed by atoms with van der Waals surface area (Å²) in [6.07, 6.45) is 1.29. The van der Waals surface area contributed by atoms with Crippen molar-refractivity contribution in [1.82, 2.24) is 10.3 Å². The van der Waals surface area contributed by atoms with Gasteiger partial charge in [-0.15, -0.1) is 0 Å². The molecule has 0 saturated heterocycles. The molecule has 0 aliphatic rings. The van der Waals surface area contributed by atoms with E-state index in [1.54, 1.807) is 6.20 Å². The maximum absolute atomic E-state index is 9.75. The number of nitrogens with one attached hydrogen (secondary N) is 1. The fraction of sp³-hybridized carbons (Fsp3) is 0.643. The van der Waals surface area contributed by atoms with Gasteiger partial charge in [-0.25, -0.2) is 0 Å². The van der Waals surface area contributed by atoms with Crippen LogP contribution in [0.3, 0.4) is 0 Å². The smallest absolute Gasteiger partial charge is 0.0898 e. The maximum Gasteiger partial charge on any atom is 0.0898 e. The van der Waals surface area contributed by atoms with Crippen molar-refractivity contribution in [2.24, 2.45) is 0 Å². The van der Waals surface area contributed by atoms with Crippen molar-refractivity contribution >= 4 is 0 Å². The monoisotopic (exact) mass is 252 g/mol. The summed E-state index contributed by atoms with van der Waals surface area (Å²) in [6.45, 7) is 9.48. The van der Waals surface area contributed by atoms with Crippen molar-refractivity contribution in [3.8, 4) is 0 Å². The predicted octanol–water partition coefficient (Wildman–Crippen LogP) is 1.66. The number of nitrogens with zero attached hydrogens (tertiary/aromatic N) is 1. The minimum absolute atomic E-state index is 0.210. The van der Waals surface area contributed by atoms with Crippen LogP contribution in [0, 0.1) is 6.92 Å². The Labute approximate surface area is 109 Å². The maximum atomic E-state index is 9.75. The van der Waals surface area contributed by atoms with Crippen LogP contribution in [0.5, 0.6) is 0 Å². The van der Waals surface area contributed by atoms with Crippen LogP contribution in [0.4, 0.5) is 0 Å². The third-order valence-corrected chi connectivity index (χ3v) is 2.50. The van der Waals surface area contributed by atoms with Gasteiger partial charge in [-0.3, -0.25) is 4.98 Å². The number of aliphatic hydroxyl groups is 1. The van der Waals surface area contributed by atoms with Gasteiger partial charge in [0.2, 0.25) is 0 Å². The number of aryl methyl sites for hydroxylation is 1. The second-order valence-electron chi connectivity index (χ2n) is 5.48. The zero-order chi connectivity index (χ0) is 13.6. The van der Waals surface area contributed by atoms with Crippen LogP contribution in [0.15, 0.2) is 18.3 Å². The van der Waals surface area contributed by atoms with Crippen molar-refractivity contribution in [2.45, 2.75) is 45.9 Å². The van der Waals surface area contributed by atoms with Crippen molar-refractivity contribution in [1.29, 1.82) is 0 Å². The number of hydrogen-bond donors (Lipinski definition) is 2. The quantitative estimate of drug-likeness (QED) is 0.808. The van der Waals surface area contributed by atoms with Crippen LogP contribution in [-0.2, 0) is 11.3 Å². The zero-order valence-corrected chi connectivity index (χ0v) is 11.7. The van der Waals surface area contributed by atoms with Gasteiger partial charge in [0.15, 0.2) is 0 Å². The van der Waals surface area contributed by atoms with Gasteiger partial charge in [0.05, 0.1) is 24.0 Å². The molecule has 0 aliphatic carbocycles. The fourth-order valence-corrected chi connectivity index (χ4v) is 1.47. The van der Waals surface area contributed by atoms with E-state index in [-0.39, 0.29) is 5.60 Å². The molecule has 0 fully saturated rings. The molecule has 2 N–H and O–H groups in total. The first-order valence-corrected chi connectivity index (χ1v) is 6.32. The Morgan fingerprint density at radius 2 is 2.17 bits per heavy atom. The molecule has 1 unspecified atom stereocenters. The lowest BCUT2D eigenvalue weighted by Gasteiger charge is -2.22. The molecule has 0 spiro atoms. The summed E-state index contributed by atoms with van der Waals surface area (Å²) in [5, 5.41) is 12.9. The Balaban J connectivity index is 2.24. The van der Waals surface area contributed by atoms with Gasteiger partial charge < -0.3 is 15.2 Å². The minimum atomic E-state index is -0.492. The van der Waals surface area contributed by atoms with E-state index in [2.05, 4.69) is 10.3 Å². The van der Waals surface area contributed by atoms with Crippen LogP contribution < -0.4 is 5.32 Å². The highest BCUT2D eigenvalue weighted by molar-refractivity contribution is 5.17. The lowest BCUT2D eigenvalue weighted by Crippen LogP contribution is -2.33. The number of aromatic nitrogens is 1. The average molecular weight is 252 g/mol. The summed E-state index contributed by atoms with van der Waals surface area (Å²) in [4.78, 5) is 4.28.